The molecular formula is C16H23N. The molecule has 2 aromatic rings. The van der Waals surface area contributed by atoms with Crippen molar-refractivity contribution < 1.29 is 0 Å². The molecule has 2 rings (SSSR count). The molecule has 0 spiro atoms. The lowest BCUT2D eigenvalue weighted by Crippen LogP contribution is -1.81. The minimum Gasteiger partial charge on any atom is -0.350 e. The van der Waals surface area contributed by atoms with Gasteiger partial charge in [0.05, 0.1) is 0 Å². The van der Waals surface area contributed by atoms with Crippen LogP contribution in [0.15, 0.2) is 55.8 Å². The average Bonchev–Trinajstić information content (AvgIpc) is 2.69. The molecule has 0 atom stereocenters. The van der Waals surface area contributed by atoms with Crippen LogP contribution in [0, 0.1) is 6.92 Å². The fourth-order valence-corrected chi connectivity index (χ4v) is 1.54. The Hall–Kier alpha value is -1.76. The van der Waals surface area contributed by atoms with Crippen LogP contribution in [0.3, 0.4) is 0 Å². The third-order valence-electron chi connectivity index (χ3n) is 2.26. The molecule has 0 saturated heterocycles. The maximum atomic E-state index is 3.36. The van der Waals surface area contributed by atoms with E-state index in [1.807, 2.05) is 13.8 Å². The molecule has 0 amide bonds. The molecule has 1 heteroatoms. The number of aryl methyl sites for hydroxylation is 2. The molecule has 1 nitrogen and oxygen atoms in total. The Kier molecular flexibility index (Phi) is 7.53. The van der Waals surface area contributed by atoms with Crippen LogP contribution < -0.4 is 0 Å². The number of hydrogen-bond donors (Lipinski definition) is 0. The van der Waals surface area contributed by atoms with Gasteiger partial charge in [-0.3, -0.25) is 0 Å². The number of benzene rings is 1. The molecule has 0 radical (unpaired) electrons. The van der Waals surface area contributed by atoms with Gasteiger partial charge in [0.25, 0.3) is 0 Å². The highest BCUT2D eigenvalue weighted by atomic mass is 14.9. The predicted octanol–water partition coefficient (Wildman–Crippen LogP) is 4.87. The highest BCUT2D eigenvalue weighted by molar-refractivity contribution is 5.83. The van der Waals surface area contributed by atoms with Gasteiger partial charge in [0.15, 0.2) is 0 Å². The second-order valence-corrected chi connectivity index (χ2v) is 3.41. The van der Waals surface area contributed by atoms with Crippen molar-refractivity contribution >= 4 is 10.9 Å². The van der Waals surface area contributed by atoms with Crippen LogP contribution in [-0.4, -0.2) is 4.57 Å². The summed E-state index contributed by atoms with van der Waals surface area (Å²) >= 11 is 0. The number of rotatable bonds is 1. The average molecular weight is 229 g/mol. The summed E-state index contributed by atoms with van der Waals surface area (Å²) < 4.78 is 2.16. The zero-order valence-electron chi connectivity index (χ0n) is 11.4. The summed E-state index contributed by atoms with van der Waals surface area (Å²) in [5.74, 6) is 0. The van der Waals surface area contributed by atoms with E-state index in [2.05, 4.69) is 62.2 Å². The summed E-state index contributed by atoms with van der Waals surface area (Å²) in [5.41, 5.74) is 2.66. The number of hydrogen-bond acceptors (Lipinski definition) is 0. The summed E-state index contributed by atoms with van der Waals surface area (Å²) in [6.45, 7) is 12.9. The normalized spacial score (nSPS) is 8.47. The van der Waals surface area contributed by atoms with E-state index in [-0.39, 0.29) is 0 Å². The first-order chi connectivity index (χ1) is 8.20. The van der Waals surface area contributed by atoms with Crippen molar-refractivity contribution in [2.45, 2.75) is 20.8 Å². The number of para-hydroxylation sites is 1. The van der Waals surface area contributed by atoms with Crippen molar-refractivity contribution in [3.8, 4) is 0 Å². The lowest BCUT2D eigenvalue weighted by atomic mass is 10.2. The molecule has 0 aliphatic rings. The predicted molar refractivity (Wildman–Crippen MR) is 79.4 cm³/mol. The first kappa shape index (κ1) is 15.2. The Bertz CT molecular complexity index is 421. The van der Waals surface area contributed by atoms with E-state index in [0.29, 0.717) is 0 Å². The Morgan fingerprint density at radius 1 is 1.06 bits per heavy atom. The lowest BCUT2D eigenvalue weighted by Gasteiger charge is -1.92. The summed E-state index contributed by atoms with van der Waals surface area (Å²) in [5, 5.41) is 1.36. The molecule has 17 heavy (non-hydrogen) atoms. The summed E-state index contributed by atoms with van der Waals surface area (Å²) in [6.07, 6.45) is 5.44. The molecule has 0 N–H and O–H groups in total. The second kappa shape index (κ2) is 8.40. The number of nitrogens with zero attached hydrogens (tertiary/aromatic N) is 1. The molecule has 1 heterocycles. The fraction of sp³-hybridized carbons (Fsp3) is 0.250. The van der Waals surface area contributed by atoms with Crippen LogP contribution in [0.5, 0.6) is 0 Å². The molecule has 0 fully saturated rings. The van der Waals surface area contributed by atoms with Crippen molar-refractivity contribution in [2.75, 3.05) is 0 Å². The van der Waals surface area contributed by atoms with Gasteiger partial charge in [0.1, 0.15) is 0 Å². The molecule has 0 saturated carbocycles. The number of fused-ring (bicyclic) bond motifs is 1. The Morgan fingerprint density at radius 2 is 1.59 bits per heavy atom. The molecule has 1 aromatic carbocycles. The van der Waals surface area contributed by atoms with Crippen molar-refractivity contribution in [1.29, 1.82) is 0 Å². The van der Waals surface area contributed by atoms with Gasteiger partial charge in [-0.05, 0) is 18.6 Å². The highest BCUT2D eigenvalue weighted by Gasteiger charge is 1.98. The van der Waals surface area contributed by atoms with Gasteiger partial charge < -0.3 is 4.57 Å². The van der Waals surface area contributed by atoms with E-state index in [4.69, 9.17) is 0 Å². The van der Waals surface area contributed by atoms with E-state index in [0.717, 1.165) is 0 Å². The maximum Gasteiger partial charge on any atom is 0.0480 e. The van der Waals surface area contributed by atoms with Gasteiger partial charge >= 0.3 is 0 Å². The Balaban J connectivity index is 0.000000368. The zero-order valence-corrected chi connectivity index (χ0v) is 11.4. The van der Waals surface area contributed by atoms with Crippen molar-refractivity contribution in [3.63, 3.8) is 0 Å². The Labute approximate surface area is 105 Å². The second-order valence-electron chi connectivity index (χ2n) is 3.41. The molecular weight excluding hydrogens is 206 g/mol. The van der Waals surface area contributed by atoms with Crippen LogP contribution in [0.25, 0.3) is 10.9 Å². The quantitative estimate of drug-likeness (QED) is 0.615. The van der Waals surface area contributed by atoms with Crippen LogP contribution >= 0.6 is 0 Å². The largest absolute Gasteiger partial charge is 0.350 e. The topological polar surface area (TPSA) is 4.93 Å². The first-order valence-corrected chi connectivity index (χ1v) is 5.94. The summed E-state index contributed by atoms with van der Waals surface area (Å²) in [7, 11) is 2.08. The van der Waals surface area contributed by atoms with E-state index >= 15 is 0 Å². The van der Waals surface area contributed by atoms with Gasteiger partial charge in [-0.1, -0.05) is 57.4 Å². The lowest BCUT2D eigenvalue weighted by molar-refractivity contribution is 0.964. The summed E-state index contributed by atoms with van der Waals surface area (Å²) in [4.78, 5) is 0. The maximum absolute atomic E-state index is 3.36. The van der Waals surface area contributed by atoms with Crippen molar-refractivity contribution in [2.24, 2.45) is 7.05 Å². The molecule has 0 bridgehead atoms. The molecule has 0 aliphatic carbocycles. The zero-order chi connectivity index (χ0) is 13.3. The van der Waals surface area contributed by atoms with Crippen LogP contribution in [-0.2, 0) is 7.05 Å². The Morgan fingerprint density at radius 3 is 2.06 bits per heavy atom. The van der Waals surface area contributed by atoms with Crippen LogP contribution in [0.1, 0.15) is 19.4 Å². The standard InChI is InChI=1S/C10H11N.C4H6.C2H6/c1-8-7-11(2)10-6-4-3-5-9(8)10;1-3-4-2;1-2/h3-7H,1-2H3;3-4H,1-2H2;1-2H3. The van der Waals surface area contributed by atoms with Crippen LogP contribution in [0.2, 0.25) is 0 Å². The first-order valence-electron chi connectivity index (χ1n) is 5.94. The van der Waals surface area contributed by atoms with E-state index in [1.165, 1.54) is 16.5 Å². The number of aromatic nitrogens is 1. The third-order valence-corrected chi connectivity index (χ3v) is 2.26. The van der Waals surface area contributed by atoms with Crippen molar-refractivity contribution in [1.82, 2.24) is 4.57 Å². The minimum absolute atomic E-state index is 1.31. The highest BCUT2D eigenvalue weighted by Crippen LogP contribution is 2.18. The van der Waals surface area contributed by atoms with E-state index < -0.39 is 0 Å². The molecule has 0 unspecified atom stereocenters. The van der Waals surface area contributed by atoms with Crippen LogP contribution in [0.4, 0.5) is 0 Å². The molecule has 92 valence electrons. The third kappa shape index (κ3) is 4.31. The van der Waals surface area contributed by atoms with Gasteiger partial charge in [0, 0.05) is 24.1 Å². The molecule has 1 aromatic heterocycles. The van der Waals surface area contributed by atoms with Gasteiger partial charge in [-0.15, -0.1) is 0 Å². The minimum atomic E-state index is 1.31. The SMILES string of the molecule is C=CC=C.CC.Cc1cn(C)c2ccccc12. The smallest absolute Gasteiger partial charge is 0.0480 e. The van der Waals surface area contributed by atoms with Gasteiger partial charge in [-0.2, -0.15) is 0 Å². The van der Waals surface area contributed by atoms with E-state index in [1.54, 1.807) is 12.2 Å². The summed E-state index contributed by atoms with van der Waals surface area (Å²) in [6, 6.07) is 8.45. The monoisotopic (exact) mass is 229 g/mol. The number of allylic oxidation sites excluding steroid dienone is 2. The van der Waals surface area contributed by atoms with Crippen molar-refractivity contribution in [3.05, 3.63) is 61.3 Å². The van der Waals surface area contributed by atoms with Gasteiger partial charge in [-0.25, -0.2) is 0 Å². The fourth-order valence-electron chi connectivity index (χ4n) is 1.54. The molecule has 0 aliphatic heterocycles. The van der Waals surface area contributed by atoms with Gasteiger partial charge in [0.2, 0.25) is 0 Å². The van der Waals surface area contributed by atoms with E-state index in [9.17, 15) is 0 Å².